The molecule has 0 radical (unpaired) electrons. The molecule has 1 aliphatic carbocycles. The normalized spacial score (nSPS) is 14.2. The number of nitrogens with zero attached hydrogens (tertiary/aromatic N) is 4. The van der Waals surface area contributed by atoms with E-state index in [1.807, 2.05) is 0 Å². The third kappa shape index (κ3) is 4.08. The maximum absolute atomic E-state index is 13.3. The quantitative estimate of drug-likeness (QED) is 0.428. The maximum atomic E-state index is 13.3. The van der Waals surface area contributed by atoms with Crippen LogP contribution < -0.4 is 11.2 Å². The molecule has 4 aromatic rings. The van der Waals surface area contributed by atoms with Crippen molar-refractivity contribution in [1.29, 1.82) is 0 Å². The fraction of sp³-hybridized carbons (Fsp3) is 0.261. The van der Waals surface area contributed by atoms with Crippen LogP contribution in [-0.4, -0.2) is 18.7 Å². The smallest absolute Gasteiger partial charge is 0.320 e. The number of hydrogen-bond donors (Lipinski definition) is 0. The molecule has 2 heterocycles. The number of aromatic nitrogens is 4. The molecule has 0 N–H and O–H groups in total. The Bertz CT molecular complexity index is 1460. The zero-order chi connectivity index (χ0) is 23.3. The first-order valence-corrected chi connectivity index (χ1v) is 10.7. The summed E-state index contributed by atoms with van der Waals surface area (Å²) in [6.45, 7) is 0.431. The van der Waals surface area contributed by atoms with Crippen molar-refractivity contribution in [2.24, 2.45) is 5.92 Å². The highest BCUT2D eigenvalue weighted by atomic mass is 35.5. The Morgan fingerprint density at radius 1 is 1.06 bits per heavy atom. The Morgan fingerprint density at radius 2 is 1.79 bits per heavy atom. The van der Waals surface area contributed by atoms with E-state index in [0.29, 0.717) is 22.8 Å². The van der Waals surface area contributed by atoms with E-state index >= 15 is 0 Å². The molecule has 5 rings (SSSR count). The minimum atomic E-state index is -4.43. The monoisotopic (exact) mass is 474 g/mol. The molecule has 1 fully saturated rings. The topological polar surface area (TPSA) is 61.8 Å². The summed E-state index contributed by atoms with van der Waals surface area (Å²) in [5, 5.41) is 0.427. The second-order valence-electron chi connectivity index (χ2n) is 8.20. The lowest BCUT2D eigenvalue weighted by Crippen LogP contribution is -2.40. The molecule has 0 atom stereocenters. The second kappa shape index (κ2) is 7.91. The van der Waals surface area contributed by atoms with Crippen molar-refractivity contribution in [2.75, 3.05) is 0 Å². The largest absolute Gasteiger partial charge is 0.416 e. The van der Waals surface area contributed by atoms with Gasteiger partial charge in [0.05, 0.1) is 17.6 Å². The Balaban J connectivity index is 1.66. The Kier molecular flexibility index (Phi) is 5.16. The zero-order valence-corrected chi connectivity index (χ0v) is 18.0. The summed E-state index contributed by atoms with van der Waals surface area (Å²) in [6.07, 6.45) is -1.10. The highest BCUT2D eigenvalue weighted by molar-refractivity contribution is 6.30. The molecule has 1 aliphatic rings. The molecule has 6 nitrogen and oxygen atoms in total. The van der Waals surface area contributed by atoms with Gasteiger partial charge in [-0.15, -0.1) is 0 Å². The van der Waals surface area contributed by atoms with E-state index < -0.39 is 23.0 Å². The Morgan fingerprint density at radius 3 is 2.42 bits per heavy atom. The first-order chi connectivity index (χ1) is 15.7. The van der Waals surface area contributed by atoms with Gasteiger partial charge in [0.25, 0.3) is 5.56 Å². The average Bonchev–Trinajstić information content (AvgIpc) is 3.50. The maximum Gasteiger partial charge on any atom is 0.416 e. The van der Waals surface area contributed by atoms with Gasteiger partial charge in [0, 0.05) is 18.1 Å². The number of rotatable bonds is 5. The van der Waals surface area contributed by atoms with Gasteiger partial charge in [-0.25, -0.2) is 14.3 Å². The Hall–Kier alpha value is -3.33. The molecule has 1 saturated carbocycles. The van der Waals surface area contributed by atoms with Crippen LogP contribution in [0.25, 0.3) is 16.9 Å². The van der Waals surface area contributed by atoms with Gasteiger partial charge in [-0.1, -0.05) is 29.8 Å². The summed E-state index contributed by atoms with van der Waals surface area (Å²) in [6, 6.07) is 11.4. The van der Waals surface area contributed by atoms with Gasteiger partial charge in [0.2, 0.25) is 0 Å². The fourth-order valence-electron chi connectivity index (χ4n) is 3.86. The van der Waals surface area contributed by atoms with Crippen molar-refractivity contribution in [3.8, 4) is 5.69 Å². The highest BCUT2D eigenvalue weighted by Gasteiger charge is 2.30. The highest BCUT2D eigenvalue weighted by Crippen LogP contribution is 2.30. The number of hydrogen-bond acceptors (Lipinski definition) is 3. The summed E-state index contributed by atoms with van der Waals surface area (Å²) >= 11 is 6.13. The van der Waals surface area contributed by atoms with Crippen LogP contribution in [0.4, 0.5) is 13.2 Å². The van der Waals surface area contributed by atoms with Crippen LogP contribution in [0.5, 0.6) is 0 Å². The number of halogens is 4. The lowest BCUT2D eigenvalue weighted by Gasteiger charge is -2.13. The van der Waals surface area contributed by atoms with Crippen LogP contribution in [-0.2, 0) is 19.3 Å². The standard InChI is InChI=1S/C23H18ClF3N4O2/c24-17-2-1-3-18(10-17)31-20-19(21(32)30(22(31)33)12-15-4-5-15)29(13-28-20)11-14-6-8-16(9-7-14)23(25,26)27/h1-3,6-10,13,15H,4-5,11-12H2. The lowest BCUT2D eigenvalue weighted by atomic mass is 10.1. The van der Waals surface area contributed by atoms with Gasteiger partial charge in [0.15, 0.2) is 11.2 Å². The number of benzene rings is 2. The van der Waals surface area contributed by atoms with Gasteiger partial charge >= 0.3 is 11.9 Å². The van der Waals surface area contributed by atoms with E-state index in [1.165, 1.54) is 27.6 Å². The molecule has 0 unspecified atom stereocenters. The van der Waals surface area contributed by atoms with E-state index in [-0.39, 0.29) is 23.6 Å². The Labute approximate surface area is 190 Å². The van der Waals surface area contributed by atoms with Crippen molar-refractivity contribution >= 4 is 22.8 Å². The number of fused-ring (bicyclic) bond motifs is 1. The van der Waals surface area contributed by atoms with Crippen LogP contribution in [0, 0.1) is 5.92 Å². The first kappa shape index (κ1) is 21.5. The predicted octanol–water partition coefficient (Wildman–Crippen LogP) is 4.48. The van der Waals surface area contributed by atoms with E-state index in [0.717, 1.165) is 25.0 Å². The average molecular weight is 475 g/mol. The molecule has 33 heavy (non-hydrogen) atoms. The number of imidazole rings is 1. The van der Waals surface area contributed by atoms with E-state index in [1.54, 1.807) is 28.8 Å². The van der Waals surface area contributed by atoms with Gasteiger partial charge in [0.1, 0.15) is 0 Å². The van der Waals surface area contributed by atoms with Crippen LogP contribution >= 0.6 is 11.6 Å². The molecule has 170 valence electrons. The van der Waals surface area contributed by atoms with Crippen molar-refractivity contribution in [1.82, 2.24) is 18.7 Å². The zero-order valence-electron chi connectivity index (χ0n) is 17.2. The van der Waals surface area contributed by atoms with Crippen LogP contribution in [0.3, 0.4) is 0 Å². The van der Waals surface area contributed by atoms with E-state index in [2.05, 4.69) is 4.98 Å². The van der Waals surface area contributed by atoms with Gasteiger partial charge in [-0.2, -0.15) is 13.2 Å². The van der Waals surface area contributed by atoms with E-state index in [9.17, 15) is 22.8 Å². The van der Waals surface area contributed by atoms with Crippen LogP contribution in [0.2, 0.25) is 5.02 Å². The third-order valence-corrected chi connectivity index (χ3v) is 5.97. The van der Waals surface area contributed by atoms with Crippen molar-refractivity contribution in [3.05, 3.63) is 91.8 Å². The van der Waals surface area contributed by atoms with Crippen LogP contribution in [0.1, 0.15) is 24.0 Å². The summed E-state index contributed by atoms with van der Waals surface area (Å²) in [4.78, 5) is 31.0. The molecule has 0 saturated heterocycles. The molecule has 0 amide bonds. The molecule has 0 spiro atoms. The number of alkyl halides is 3. The third-order valence-electron chi connectivity index (χ3n) is 5.74. The van der Waals surface area contributed by atoms with E-state index in [4.69, 9.17) is 11.6 Å². The van der Waals surface area contributed by atoms with Gasteiger partial charge in [-0.3, -0.25) is 9.36 Å². The summed E-state index contributed by atoms with van der Waals surface area (Å²) < 4.78 is 42.8. The summed E-state index contributed by atoms with van der Waals surface area (Å²) in [5.41, 5.74) is -0.298. The molecule has 0 aliphatic heterocycles. The van der Waals surface area contributed by atoms with Gasteiger partial charge < -0.3 is 4.57 Å². The minimum Gasteiger partial charge on any atom is -0.320 e. The van der Waals surface area contributed by atoms with Crippen molar-refractivity contribution < 1.29 is 13.2 Å². The predicted molar refractivity (Wildman–Crippen MR) is 118 cm³/mol. The molecular formula is C23H18ClF3N4O2. The minimum absolute atomic E-state index is 0.126. The summed E-state index contributed by atoms with van der Waals surface area (Å²) in [7, 11) is 0. The molecular weight excluding hydrogens is 457 g/mol. The first-order valence-electron chi connectivity index (χ1n) is 10.3. The van der Waals surface area contributed by atoms with Crippen LogP contribution in [0.15, 0.2) is 64.4 Å². The molecule has 2 aromatic carbocycles. The second-order valence-corrected chi connectivity index (χ2v) is 8.63. The summed E-state index contributed by atoms with van der Waals surface area (Å²) in [5.74, 6) is 0.270. The SMILES string of the molecule is O=c1c2c(ncn2Cc2ccc(C(F)(F)F)cc2)n(-c2cccc(Cl)c2)c(=O)n1CC1CC1. The van der Waals surface area contributed by atoms with Crippen molar-refractivity contribution in [2.45, 2.75) is 32.1 Å². The molecule has 10 heteroatoms. The molecule has 0 bridgehead atoms. The lowest BCUT2D eigenvalue weighted by molar-refractivity contribution is -0.137. The fourth-order valence-corrected chi connectivity index (χ4v) is 4.05. The molecule has 2 aromatic heterocycles. The van der Waals surface area contributed by atoms with Crippen molar-refractivity contribution in [3.63, 3.8) is 0 Å². The van der Waals surface area contributed by atoms with Gasteiger partial charge in [-0.05, 0) is 54.7 Å².